The van der Waals surface area contributed by atoms with Crippen molar-refractivity contribution in [1.82, 2.24) is 0 Å². The van der Waals surface area contributed by atoms with E-state index in [4.69, 9.17) is 11.5 Å². The minimum Gasteiger partial charge on any atom is -0.399 e. The van der Waals surface area contributed by atoms with Crippen LogP contribution in [0.4, 0.5) is 11.4 Å². The van der Waals surface area contributed by atoms with Gasteiger partial charge in [0.25, 0.3) is 0 Å². The average Bonchev–Trinajstić information content (AvgIpc) is 2.43. The number of nitrogens with two attached hydrogens (primary N) is 2. The lowest BCUT2D eigenvalue weighted by atomic mass is 10.0. The standard InChI is InChI=1S/C18H32N2/c1-2-3-4-5-6-7-8-9-10-11-12-16-13-14-17(19)15-18(16)20/h13-15H,2-12,19-20H2,1H3. The van der Waals surface area contributed by atoms with E-state index < -0.39 is 0 Å². The van der Waals surface area contributed by atoms with Gasteiger partial charge in [0.15, 0.2) is 0 Å². The fourth-order valence-corrected chi connectivity index (χ4v) is 2.64. The SMILES string of the molecule is CCCCCCCCCCCCc1ccc(N)cc1N. The molecule has 1 aromatic carbocycles. The lowest BCUT2D eigenvalue weighted by Gasteiger charge is -2.06. The van der Waals surface area contributed by atoms with E-state index in [2.05, 4.69) is 13.0 Å². The predicted octanol–water partition coefficient (Wildman–Crippen LogP) is 5.31. The van der Waals surface area contributed by atoms with Crippen LogP contribution in [0.3, 0.4) is 0 Å². The quantitative estimate of drug-likeness (QED) is 0.425. The molecule has 0 unspecified atom stereocenters. The largest absolute Gasteiger partial charge is 0.399 e. The molecule has 0 fully saturated rings. The summed E-state index contributed by atoms with van der Waals surface area (Å²) < 4.78 is 0. The van der Waals surface area contributed by atoms with Crippen molar-refractivity contribution in [3.05, 3.63) is 23.8 Å². The van der Waals surface area contributed by atoms with Crippen LogP contribution in [0, 0.1) is 0 Å². The summed E-state index contributed by atoms with van der Waals surface area (Å²) in [4.78, 5) is 0. The number of hydrogen-bond acceptors (Lipinski definition) is 2. The van der Waals surface area contributed by atoms with Crippen LogP contribution in [0.15, 0.2) is 18.2 Å². The first-order chi connectivity index (χ1) is 9.74. The maximum absolute atomic E-state index is 5.96. The van der Waals surface area contributed by atoms with E-state index in [1.807, 2.05) is 12.1 Å². The van der Waals surface area contributed by atoms with Crippen molar-refractivity contribution in [2.24, 2.45) is 0 Å². The van der Waals surface area contributed by atoms with Crippen LogP contribution in [0.2, 0.25) is 0 Å². The summed E-state index contributed by atoms with van der Waals surface area (Å²) in [6.45, 7) is 2.27. The number of aryl methyl sites for hydroxylation is 1. The highest BCUT2D eigenvalue weighted by molar-refractivity contribution is 5.56. The maximum Gasteiger partial charge on any atom is 0.0367 e. The van der Waals surface area contributed by atoms with Gasteiger partial charge in [-0.15, -0.1) is 0 Å². The molecule has 1 aromatic rings. The maximum atomic E-state index is 5.96. The first-order valence-corrected chi connectivity index (χ1v) is 8.38. The van der Waals surface area contributed by atoms with Crippen LogP contribution in [0.5, 0.6) is 0 Å². The molecular formula is C18H32N2. The molecule has 0 aliphatic rings. The second-order valence-electron chi connectivity index (χ2n) is 5.89. The molecule has 2 heteroatoms. The van der Waals surface area contributed by atoms with Crippen molar-refractivity contribution in [2.75, 3.05) is 11.5 Å². The minimum atomic E-state index is 0.759. The number of anilines is 2. The van der Waals surface area contributed by atoms with E-state index in [-0.39, 0.29) is 0 Å². The molecule has 0 spiro atoms. The van der Waals surface area contributed by atoms with Gasteiger partial charge in [-0.05, 0) is 30.5 Å². The molecule has 20 heavy (non-hydrogen) atoms. The van der Waals surface area contributed by atoms with E-state index in [9.17, 15) is 0 Å². The molecule has 0 aliphatic heterocycles. The van der Waals surface area contributed by atoms with Crippen molar-refractivity contribution in [3.63, 3.8) is 0 Å². The molecule has 2 nitrogen and oxygen atoms in total. The first-order valence-electron chi connectivity index (χ1n) is 8.38. The Bertz CT molecular complexity index is 360. The highest BCUT2D eigenvalue weighted by Gasteiger charge is 1.99. The second kappa shape index (κ2) is 10.6. The van der Waals surface area contributed by atoms with Gasteiger partial charge >= 0.3 is 0 Å². The Morgan fingerprint density at radius 3 is 1.85 bits per heavy atom. The zero-order chi connectivity index (χ0) is 14.6. The Kier molecular flexibility index (Phi) is 8.93. The van der Waals surface area contributed by atoms with Gasteiger partial charge in [-0.2, -0.15) is 0 Å². The van der Waals surface area contributed by atoms with Crippen molar-refractivity contribution in [2.45, 2.75) is 77.6 Å². The van der Waals surface area contributed by atoms with Crippen molar-refractivity contribution >= 4 is 11.4 Å². The molecule has 0 atom stereocenters. The number of hydrogen-bond donors (Lipinski definition) is 2. The van der Waals surface area contributed by atoms with Gasteiger partial charge < -0.3 is 11.5 Å². The molecule has 0 amide bonds. The third kappa shape index (κ3) is 7.42. The minimum absolute atomic E-state index is 0.759. The molecule has 0 saturated heterocycles. The lowest BCUT2D eigenvalue weighted by molar-refractivity contribution is 0.556. The molecule has 0 aliphatic carbocycles. The Labute approximate surface area is 124 Å². The number of nitrogen functional groups attached to an aromatic ring is 2. The number of benzene rings is 1. The fourth-order valence-electron chi connectivity index (χ4n) is 2.64. The molecule has 0 aromatic heterocycles. The Morgan fingerprint density at radius 2 is 1.30 bits per heavy atom. The Hall–Kier alpha value is -1.18. The van der Waals surface area contributed by atoms with Gasteiger partial charge in [-0.3, -0.25) is 0 Å². The topological polar surface area (TPSA) is 52.0 Å². The van der Waals surface area contributed by atoms with Crippen molar-refractivity contribution in [1.29, 1.82) is 0 Å². The zero-order valence-corrected chi connectivity index (χ0v) is 13.2. The third-order valence-corrected chi connectivity index (χ3v) is 3.97. The van der Waals surface area contributed by atoms with Gasteiger partial charge in [0.2, 0.25) is 0 Å². The smallest absolute Gasteiger partial charge is 0.0367 e. The monoisotopic (exact) mass is 276 g/mol. The Balaban J connectivity index is 1.97. The lowest BCUT2D eigenvalue weighted by Crippen LogP contribution is -1.96. The first kappa shape index (κ1) is 16.9. The molecule has 1 rings (SSSR count). The van der Waals surface area contributed by atoms with Gasteiger partial charge in [-0.1, -0.05) is 70.8 Å². The van der Waals surface area contributed by atoms with Crippen LogP contribution < -0.4 is 11.5 Å². The van der Waals surface area contributed by atoms with Crippen LogP contribution in [0.1, 0.15) is 76.7 Å². The second-order valence-corrected chi connectivity index (χ2v) is 5.89. The fraction of sp³-hybridized carbons (Fsp3) is 0.667. The van der Waals surface area contributed by atoms with Crippen LogP contribution in [0.25, 0.3) is 0 Å². The van der Waals surface area contributed by atoms with Crippen LogP contribution >= 0.6 is 0 Å². The van der Waals surface area contributed by atoms with Gasteiger partial charge in [-0.25, -0.2) is 0 Å². The van der Waals surface area contributed by atoms with E-state index in [0.29, 0.717) is 0 Å². The van der Waals surface area contributed by atoms with E-state index in [0.717, 1.165) is 17.8 Å². The molecule has 0 bridgehead atoms. The normalized spacial score (nSPS) is 10.8. The summed E-state index contributed by atoms with van der Waals surface area (Å²) in [5.41, 5.74) is 14.5. The summed E-state index contributed by atoms with van der Waals surface area (Å²) in [5.74, 6) is 0. The average molecular weight is 276 g/mol. The summed E-state index contributed by atoms with van der Waals surface area (Å²) in [5, 5.41) is 0. The summed E-state index contributed by atoms with van der Waals surface area (Å²) >= 11 is 0. The molecule has 114 valence electrons. The summed E-state index contributed by atoms with van der Waals surface area (Å²) in [7, 11) is 0. The van der Waals surface area contributed by atoms with E-state index >= 15 is 0 Å². The Morgan fingerprint density at radius 1 is 0.750 bits per heavy atom. The summed E-state index contributed by atoms with van der Waals surface area (Å²) in [6, 6.07) is 5.88. The van der Waals surface area contributed by atoms with Crippen LogP contribution in [-0.2, 0) is 6.42 Å². The van der Waals surface area contributed by atoms with Crippen LogP contribution in [-0.4, -0.2) is 0 Å². The van der Waals surface area contributed by atoms with Gasteiger partial charge in [0.1, 0.15) is 0 Å². The van der Waals surface area contributed by atoms with Crippen molar-refractivity contribution in [3.8, 4) is 0 Å². The molecule has 0 heterocycles. The summed E-state index contributed by atoms with van der Waals surface area (Å²) in [6.07, 6.45) is 14.8. The number of rotatable bonds is 11. The van der Waals surface area contributed by atoms with Gasteiger partial charge in [0, 0.05) is 11.4 Å². The van der Waals surface area contributed by atoms with Gasteiger partial charge in [0.05, 0.1) is 0 Å². The van der Waals surface area contributed by atoms with E-state index in [1.54, 1.807) is 0 Å². The van der Waals surface area contributed by atoms with E-state index in [1.165, 1.54) is 69.8 Å². The molecule has 4 N–H and O–H groups in total. The molecule has 0 radical (unpaired) electrons. The predicted molar refractivity (Wildman–Crippen MR) is 90.8 cm³/mol. The molecular weight excluding hydrogens is 244 g/mol. The third-order valence-electron chi connectivity index (χ3n) is 3.97. The van der Waals surface area contributed by atoms with Crippen molar-refractivity contribution < 1.29 is 0 Å². The highest BCUT2D eigenvalue weighted by Crippen LogP contribution is 2.19. The highest BCUT2D eigenvalue weighted by atomic mass is 14.6. The zero-order valence-electron chi connectivity index (χ0n) is 13.2. The number of unbranched alkanes of at least 4 members (excludes halogenated alkanes) is 9. The molecule has 0 saturated carbocycles.